The highest BCUT2D eigenvalue weighted by Crippen LogP contribution is 2.29. The highest BCUT2D eigenvalue weighted by atomic mass is 16.5. The fraction of sp³-hybridized carbons (Fsp3) is 0.214. The Morgan fingerprint density at radius 1 is 1.17 bits per heavy atom. The van der Waals surface area contributed by atoms with Crippen molar-refractivity contribution in [1.29, 1.82) is 0 Å². The maximum atomic E-state index is 10.7. The van der Waals surface area contributed by atoms with E-state index in [0.717, 1.165) is 24.2 Å². The van der Waals surface area contributed by atoms with E-state index in [-0.39, 0.29) is 5.76 Å². The fourth-order valence-electron chi connectivity index (χ4n) is 1.68. The third-order valence-corrected chi connectivity index (χ3v) is 2.78. The van der Waals surface area contributed by atoms with Crippen LogP contribution >= 0.6 is 0 Å². The largest absolute Gasteiger partial charge is 0.490 e. The van der Waals surface area contributed by atoms with Crippen LogP contribution < -0.4 is 4.74 Å². The standard InChI is InChI=1S/C14H12O4/c15-14(16)13-8-7-12(18-13)9-1-3-10(4-2-9)17-11-5-6-11/h1-4,7-8,11H,5-6H2,(H,15,16). The van der Waals surface area contributed by atoms with Crippen LogP contribution in [-0.4, -0.2) is 17.2 Å². The molecule has 1 heterocycles. The molecule has 0 bridgehead atoms. The van der Waals surface area contributed by atoms with Crippen LogP contribution in [0.15, 0.2) is 40.8 Å². The molecular weight excluding hydrogens is 232 g/mol. The minimum atomic E-state index is -1.06. The van der Waals surface area contributed by atoms with E-state index in [2.05, 4.69) is 0 Å². The van der Waals surface area contributed by atoms with Gasteiger partial charge in [-0.15, -0.1) is 0 Å². The number of benzene rings is 1. The minimum absolute atomic E-state index is 0.0525. The summed E-state index contributed by atoms with van der Waals surface area (Å²) in [6.45, 7) is 0. The van der Waals surface area contributed by atoms with Crippen molar-refractivity contribution in [2.45, 2.75) is 18.9 Å². The first-order valence-corrected chi connectivity index (χ1v) is 5.82. The molecule has 0 aliphatic heterocycles. The molecule has 0 unspecified atom stereocenters. The highest BCUT2D eigenvalue weighted by Gasteiger charge is 2.23. The summed E-state index contributed by atoms with van der Waals surface area (Å²) in [7, 11) is 0. The molecule has 1 N–H and O–H groups in total. The predicted octanol–water partition coefficient (Wildman–Crippen LogP) is 3.19. The number of aromatic carboxylic acids is 1. The van der Waals surface area contributed by atoms with Crippen LogP contribution in [-0.2, 0) is 0 Å². The van der Waals surface area contributed by atoms with Crippen molar-refractivity contribution in [3.63, 3.8) is 0 Å². The van der Waals surface area contributed by atoms with Gasteiger partial charge >= 0.3 is 5.97 Å². The number of carbonyl (C=O) groups is 1. The van der Waals surface area contributed by atoms with Gasteiger partial charge in [-0.05, 0) is 49.2 Å². The van der Waals surface area contributed by atoms with E-state index in [1.165, 1.54) is 6.07 Å². The highest BCUT2D eigenvalue weighted by molar-refractivity contribution is 5.85. The van der Waals surface area contributed by atoms with Gasteiger partial charge in [-0.1, -0.05) is 0 Å². The number of ether oxygens (including phenoxy) is 1. The van der Waals surface area contributed by atoms with E-state index in [0.29, 0.717) is 11.9 Å². The molecule has 4 nitrogen and oxygen atoms in total. The van der Waals surface area contributed by atoms with E-state index < -0.39 is 5.97 Å². The molecule has 92 valence electrons. The van der Waals surface area contributed by atoms with Gasteiger partial charge in [0.15, 0.2) is 0 Å². The Hall–Kier alpha value is -2.23. The summed E-state index contributed by atoms with van der Waals surface area (Å²) in [5.74, 6) is 0.273. The first-order chi connectivity index (χ1) is 8.72. The van der Waals surface area contributed by atoms with Gasteiger partial charge in [0, 0.05) is 5.56 Å². The quantitative estimate of drug-likeness (QED) is 0.897. The van der Waals surface area contributed by atoms with Crippen molar-refractivity contribution in [1.82, 2.24) is 0 Å². The Bertz CT molecular complexity index is 564. The average molecular weight is 244 g/mol. The van der Waals surface area contributed by atoms with Crippen LogP contribution in [0.4, 0.5) is 0 Å². The normalized spacial score (nSPS) is 14.4. The zero-order chi connectivity index (χ0) is 12.5. The zero-order valence-corrected chi connectivity index (χ0v) is 9.63. The maximum Gasteiger partial charge on any atom is 0.371 e. The predicted molar refractivity (Wildman–Crippen MR) is 64.8 cm³/mol. The molecule has 1 saturated carbocycles. The summed E-state index contributed by atoms with van der Waals surface area (Å²) in [5.41, 5.74) is 0.839. The van der Waals surface area contributed by atoms with Gasteiger partial charge in [0.2, 0.25) is 5.76 Å². The molecule has 0 saturated heterocycles. The molecule has 1 aromatic carbocycles. The number of hydrogen-bond donors (Lipinski definition) is 1. The second-order valence-corrected chi connectivity index (χ2v) is 4.31. The number of hydrogen-bond acceptors (Lipinski definition) is 3. The lowest BCUT2D eigenvalue weighted by atomic mass is 10.2. The van der Waals surface area contributed by atoms with Gasteiger partial charge in [-0.25, -0.2) is 4.79 Å². The van der Waals surface area contributed by atoms with Gasteiger partial charge in [0.05, 0.1) is 6.10 Å². The summed E-state index contributed by atoms with van der Waals surface area (Å²) >= 11 is 0. The Morgan fingerprint density at radius 3 is 2.44 bits per heavy atom. The van der Waals surface area contributed by atoms with E-state index >= 15 is 0 Å². The Kier molecular flexibility index (Phi) is 2.55. The zero-order valence-electron chi connectivity index (χ0n) is 9.63. The Labute approximate surface area is 104 Å². The van der Waals surface area contributed by atoms with E-state index in [4.69, 9.17) is 14.3 Å². The van der Waals surface area contributed by atoms with E-state index in [1.54, 1.807) is 6.07 Å². The van der Waals surface area contributed by atoms with Crippen LogP contribution in [0.5, 0.6) is 5.75 Å². The second-order valence-electron chi connectivity index (χ2n) is 4.31. The number of carboxylic acid groups (broad SMARTS) is 1. The van der Waals surface area contributed by atoms with Crippen molar-refractivity contribution in [3.8, 4) is 17.1 Å². The van der Waals surface area contributed by atoms with Crippen molar-refractivity contribution < 1.29 is 19.1 Å². The van der Waals surface area contributed by atoms with Crippen molar-refractivity contribution in [2.75, 3.05) is 0 Å². The summed E-state index contributed by atoms with van der Waals surface area (Å²) in [6.07, 6.45) is 2.63. The topological polar surface area (TPSA) is 59.7 Å². The molecule has 1 aromatic heterocycles. The lowest BCUT2D eigenvalue weighted by Gasteiger charge is -2.04. The summed E-state index contributed by atoms with van der Waals surface area (Å²) in [5, 5.41) is 8.78. The number of furan rings is 1. The summed E-state index contributed by atoms with van der Waals surface area (Å²) in [6, 6.07) is 10.6. The van der Waals surface area contributed by atoms with Gasteiger partial charge in [0.25, 0.3) is 0 Å². The van der Waals surface area contributed by atoms with Crippen molar-refractivity contribution >= 4 is 5.97 Å². The molecule has 3 rings (SSSR count). The molecule has 0 spiro atoms. The van der Waals surface area contributed by atoms with Gasteiger partial charge in [-0.2, -0.15) is 0 Å². The lowest BCUT2D eigenvalue weighted by Crippen LogP contribution is -1.95. The SMILES string of the molecule is O=C(O)c1ccc(-c2ccc(OC3CC3)cc2)o1. The third kappa shape index (κ3) is 2.22. The smallest absolute Gasteiger partial charge is 0.371 e. The lowest BCUT2D eigenvalue weighted by molar-refractivity contribution is 0.0663. The van der Waals surface area contributed by atoms with Crippen LogP contribution in [0, 0.1) is 0 Å². The monoisotopic (exact) mass is 244 g/mol. The second kappa shape index (κ2) is 4.22. The van der Waals surface area contributed by atoms with Crippen LogP contribution in [0.25, 0.3) is 11.3 Å². The van der Waals surface area contributed by atoms with E-state index in [1.807, 2.05) is 24.3 Å². The van der Waals surface area contributed by atoms with Gasteiger partial charge < -0.3 is 14.3 Å². The van der Waals surface area contributed by atoms with E-state index in [9.17, 15) is 4.79 Å². The molecule has 1 fully saturated rings. The Morgan fingerprint density at radius 2 is 1.89 bits per heavy atom. The number of carboxylic acids is 1. The van der Waals surface area contributed by atoms with Crippen LogP contribution in [0.2, 0.25) is 0 Å². The molecule has 0 amide bonds. The summed E-state index contributed by atoms with van der Waals surface area (Å²) in [4.78, 5) is 10.7. The number of rotatable bonds is 4. The van der Waals surface area contributed by atoms with Gasteiger partial charge in [0.1, 0.15) is 11.5 Å². The van der Waals surface area contributed by atoms with Crippen molar-refractivity contribution in [2.24, 2.45) is 0 Å². The molecular formula is C14H12O4. The molecule has 0 atom stereocenters. The third-order valence-electron chi connectivity index (χ3n) is 2.78. The van der Waals surface area contributed by atoms with Crippen LogP contribution in [0.3, 0.4) is 0 Å². The maximum absolute atomic E-state index is 10.7. The van der Waals surface area contributed by atoms with Crippen molar-refractivity contribution in [3.05, 3.63) is 42.2 Å². The molecule has 18 heavy (non-hydrogen) atoms. The molecule has 1 aliphatic carbocycles. The first-order valence-electron chi connectivity index (χ1n) is 5.82. The molecule has 4 heteroatoms. The first kappa shape index (κ1) is 10.9. The average Bonchev–Trinajstić information content (AvgIpc) is 3.04. The fourth-order valence-corrected chi connectivity index (χ4v) is 1.68. The van der Waals surface area contributed by atoms with Gasteiger partial charge in [-0.3, -0.25) is 0 Å². The molecule has 2 aromatic rings. The Balaban J connectivity index is 1.79. The minimum Gasteiger partial charge on any atom is -0.490 e. The molecule has 0 radical (unpaired) electrons. The van der Waals surface area contributed by atoms with Crippen LogP contribution in [0.1, 0.15) is 23.4 Å². The molecule has 1 aliphatic rings. The summed E-state index contributed by atoms with van der Waals surface area (Å²) < 4.78 is 10.9.